The van der Waals surface area contributed by atoms with E-state index in [0.717, 1.165) is 0 Å². The van der Waals surface area contributed by atoms with E-state index in [1.807, 2.05) is 6.92 Å². The molecule has 2 aromatic carbocycles. The highest BCUT2D eigenvalue weighted by molar-refractivity contribution is 8.03. The number of hydrogen-bond donors (Lipinski definition) is 1. The number of ether oxygens (including phenoxy) is 2. The summed E-state index contributed by atoms with van der Waals surface area (Å²) in [6.07, 6.45) is -1.51. The maximum atomic E-state index is 13.6. The number of likely N-dealkylation sites (N-methyl/N-ethyl adjacent to an activating group) is 1. The predicted molar refractivity (Wildman–Crippen MR) is 173 cm³/mol. The van der Waals surface area contributed by atoms with Gasteiger partial charge in [0.1, 0.15) is 25.0 Å². The van der Waals surface area contributed by atoms with Crippen LogP contribution in [-0.2, 0) is 37.1 Å². The van der Waals surface area contributed by atoms with Gasteiger partial charge in [0, 0.05) is 61.0 Å². The minimum absolute atomic E-state index is 0.0287. The second-order valence-electron chi connectivity index (χ2n) is 12.3. The zero-order chi connectivity index (χ0) is 35.7. The summed E-state index contributed by atoms with van der Waals surface area (Å²) in [5.41, 5.74) is 0.814. The van der Waals surface area contributed by atoms with Crippen molar-refractivity contribution >= 4 is 47.0 Å². The molecule has 1 unspecified atom stereocenters. The van der Waals surface area contributed by atoms with Crippen molar-refractivity contribution < 1.29 is 43.6 Å². The molecular formula is C32H35N5O11S. The number of likely N-dealkylation sites (tertiary alicyclic amines) is 1. The monoisotopic (exact) mass is 697 g/mol. The molecule has 6 atom stereocenters. The van der Waals surface area contributed by atoms with Crippen molar-refractivity contribution in [1.82, 2.24) is 14.7 Å². The molecule has 0 spiro atoms. The highest BCUT2D eigenvalue weighted by Gasteiger charge is 2.60. The Morgan fingerprint density at radius 2 is 1.51 bits per heavy atom. The van der Waals surface area contributed by atoms with Crippen molar-refractivity contribution in [3.63, 3.8) is 0 Å². The Morgan fingerprint density at radius 1 is 0.980 bits per heavy atom. The first-order chi connectivity index (χ1) is 23.2. The number of amides is 3. The number of hydrogen-bond acceptors (Lipinski definition) is 12. The molecule has 17 heteroatoms. The zero-order valence-corrected chi connectivity index (χ0v) is 27.9. The third kappa shape index (κ3) is 7.07. The maximum Gasteiger partial charge on any atom is 0.410 e. The van der Waals surface area contributed by atoms with E-state index in [4.69, 9.17) is 9.47 Å². The first kappa shape index (κ1) is 35.3. The first-order valence-electron chi connectivity index (χ1n) is 15.4. The molecule has 0 radical (unpaired) electrons. The van der Waals surface area contributed by atoms with Crippen LogP contribution >= 0.6 is 11.8 Å². The standard InChI is InChI=1S/C32H35N5O11S/c1-17-26-25(18(2)38)30(40)35(26)27(31(41)47-15-19-5-9-21(10-6-19)36(43)44)28(17)49-23-13-24(29(39)33(3)4)34(14-23)32(42)48-16-20-7-11-22(12-8-20)37(45)46/h5-12,17-18,23-26,38H,13-16H2,1-4H3/t17?,18-,23+,24+,25-,26-/m1/s1. The van der Waals surface area contributed by atoms with Gasteiger partial charge < -0.3 is 24.4 Å². The van der Waals surface area contributed by atoms with Gasteiger partial charge in [-0.05, 0) is 48.7 Å². The molecule has 2 fully saturated rings. The Kier molecular flexibility index (Phi) is 10.2. The SMILES string of the molecule is CC1C(S[C@H]2C[C@@H](C(=O)N(C)C)N(C(=O)OCc3ccc([N+](=O)[O-])cc3)C2)=C(C(=O)OCc2ccc([N+](=O)[O-])cc2)N2C(=O)[C@H]([C@@H](C)O)[C@@H]12. The Balaban J connectivity index is 1.35. The number of esters is 1. The molecule has 260 valence electrons. The molecular weight excluding hydrogens is 662 g/mol. The second kappa shape index (κ2) is 14.2. The number of fused-ring (bicyclic) bond motifs is 1. The van der Waals surface area contributed by atoms with Crippen molar-refractivity contribution in [2.24, 2.45) is 11.8 Å². The third-order valence-corrected chi connectivity index (χ3v) is 10.3. The van der Waals surface area contributed by atoms with Gasteiger partial charge >= 0.3 is 12.1 Å². The summed E-state index contributed by atoms with van der Waals surface area (Å²) < 4.78 is 11.1. The number of carbonyl (C=O) groups is 4. The summed E-state index contributed by atoms with van der Waals surface area (Å²) in [5.74, 6) is -2.66. The number of rotatable bonds is 11. The fourth-order valence-electron chi connectivity index (χ4n) is 6.34. The molecule has 1 N–H and O–H groups in total. The largest absolute Gasteiger partial charge is 0.456 e. The first-order valence-corrected chi connectivity index (χ1v) is 16.3. The van der Waals surface area contributed by atoms with Crippen LogP contribution in [0.5, 0.6) is 0 Å². The second-order valence-corrected chi connectivity index (χ2v) is 13.7. The predicted octanol–water partition coefficient (Wildman–Crippen LogP) is 3.22. The zero-order valence-electron chi connectivity index (χ0n) is 27.1. The summed E-state index contributed by atoms with van der Waals surface area (Å²) in [5, 5.41) is 31.9. The molecule has 3 heterocycles. The molecule has 2 aromatic rings. The Hall–Kier alpha value is -5.03. The number of nitrogens with zero attached hydrogens (tertiary/aromatic N) is 5. The van der Waals surface area contributed by atoms with E-state index in [1.165, 1.54) is 81.9 Å². The minimum Gasteiger partial charge on any atom is -0.456 e. The fourth-order valence-corrected chi connectivity index (χ4v) is 7.86. The Morgan fingerprint density at radius 3 is 2.00 bits per heavy atom. The Bertz CT molecular complexity index is 1700. The smallest absolute Gasteiger partial charge is 0.410 e. The summed E-state index contributed by atoms with van der Waals surface area (Å²) >= 11 is 1.27. The number of non-ortho nitro benzene ring substituents is 2. The number of β-lactam (4-membered cyclic amide) rings is 1. The third-order valence-electron chi connectivity index (χ3n) is 8.85. The highest BCUT2D eigenvalue weighted by atomic mass is 32.2. The van der Waals surface area contributed by atoms with Gasteiger partial charge in [-0.1, -0.05) is 6.92 Å². The molecule has 3 amide bonds. The number of nitro groups is 2. The fraction of sp³-hybridized carbons (Fsp3) is 0.438. The van der Waals surface area contributed by atoms with Gasteiger partial charge in [0.05, 0.1) is 27.9 Å². The number of thioether (sulfide) groups is 1. The van der Waals surface area contributed by atoms with Crippen LogP contribution < -0.4 is 0 Å². The molecule has 0 bridgehead atoms. The van der Waals surface area contributed by atoms with Crippen molar-refractivity contribution in [1.29, 1.82) is 0 Å². The van der Waals surface area contributed by atoms with E-state index in [2.05, 4.69) is 0 Å². The minimum atomic E-state index is -0.965. The summed E-state index contributed by atoms with van der Waals surface area (Å²) in [6, 6.07) is 9.66. The summed E-state index contributed by atoms with van der Waals surface area (Å²) in [6.45, 7) is 3.04. The topological polar surface area (TPSA) is 203 Å². The maximum absolute atomic E-state index is 13.6. The van der Waals surface area contributed by atoms with Gasteiger partial charge in [0.2, 0.25) is 11.8 Å². The summed E-state index contributed by atoms with van der Waals surface area (Å²) in [7, 11) is 3.13. The van der Waals surface area contributed by atoms with E-state index in [1.54, 1.807) is 14.1 Å². The van der Waals surface area contributed by atoms with Gasteiger partial charge in [-0.15, -0.1) is 11.8 Å². The lowest BCUT2D eigenvalue weighted by Gasteiger charge is -2.46. The normalized spacial score (nSPS) is 23.4. The van der Waals surface area contributed by atoms with Crippen molar-refractivity contribution in [3.05, 3.63) is 90.5 Å². The van der Waals surface area contributed by atoms with Crippen molar-refractivity contribution in [2.75, 3.05) is 20.6 Å². The van der Waals surface area contributed by atoms with Crippen LogP contribution in [0, 0.1) is 32.1 Å². The lowest BCUT2D eigenvalue weighted by atomic mass is 9.79. The van der Waals surface area contributed by atoms with Crippen molar-refractivity contribution in [2.45, 2.75) is 56.9 Å². The van der Waals surface area contributed by atoms with Crippen LogP contribution in [0.2, 0.25) is 0 Å². The van der Waals surface area contributed by atoms with Gasteiger partial charge in [0.15, 0.2) is 0 Å². The lowest BCUT2D eigenvalue weighted by Crippen LogP contribution is -2.63. The van der Waals surface area contributed by atoms with Gasteiger partial charge in [0.25, 0.3) is 11.4 Å². The van der Waals surface area contributed by atoms with E-state index in [0.29, 0.717) is 16.0 Å². The number of benzene rings is 2. The van der Waals surface area contributed by atoms with Gasteiger partial charge in [-0.25, -0.2) is 9.59 Å². The average molecular weight is 698 g/mol. The van der Waals surface area contributed by atoms with Crippen LogP contribution in [0.1, 0.15) is 31.4 Å². The molecule has 49 heavy (non-hydrogen) atoms. The quantitative estimate of drug-likeness (QED) is 0.156. The molecule has 3 aliphatic rings. The molecule has 2 saturated heterocycles. The van der Waals surface area contributed by atoms with Gasteiger partial charge in [-0.3, -0.25) is 34.7 Å². The van der Waals surface area contributed by atoms with Crippen LogP contribution in [-0.4, -0.2) is 97.6 Å². The number of aliphatic hydroxyl groups is 1. The van der Waals surface area contributed by atoms with Gasteiger partial charge in [-0.2, -0.15) is 0 Å². The number of carbonyl (C=O) groups excluding carboxylic acids is 4. The Labute approximate surface area is 284 Å². The van der Waals surface area contributed by atoms with Crippen LogP contribution in [0.15, 0.2) is 59.1 Å². The van der Waals surface area contributed by atoms with E-state index < -0.39 is 57.2 Å². The van der Waals surface area contributed by atoms with E-state index in [9.17, 15) is 44.5 Å². The average Bonchev–Trinajstić information content (AvgIpc) is 3.59. The van der Waals surface area contributed by atoms with E-state index in [-0.39, 0.29) is 55.1 Å². The molecule has 3 aliphatic heterocycles. The number of aliphatic hydroxyl groups excluding tert-OH is 1. The lowest BCUT2D eigenvalue weighted by molar-refractivity contribution is -0.385. The molecule has 0 saturated carbocycles. The van der Waals surface area contributed by atoms with Crippen LogP contribution in [0.4, 0.5) is 16.2 Å². The summed E-state index contributed by atoms with van der Waals surface area (Å²) in [4.78, 5) is 78.8. The molecule has 0 aliphatic carbocycles. The van der Waals surface area contributed by atoms with E-state index >= 15 is 0 Å². The van der Waals surface area contributed by atoms with Crippen molar-refractivity contribution in [3.8, 4) is 0 Å². The van der Waals surface area contributed by atoms with Crippen LogP contribution in [0.25, 0.3) is 0 Å². The molecule has 16 nitrogen and oxygen atoms in total. The number of nitro benzene ring substituents is 2. The van der Waals surface area contributed by atoms with Crippen LogP contribution in [0.3, 0.4) is 0 Å². The highest BCUT2D eigenvalue weighted by Crippen LogP contribution is 2.52. The molecule has 0 aromatic heterocycles. The molecule has 5 rings (SSSR count).